The summed E-state index contributed by atoms with van der Waals surface area (Å²) in [6, 6.07) is 0. The highest BCUT2D eigenvalue weighted by molar-refractivity contribution is 5.92. The van der Waals surface area contributed by atoms with Gasteiger partial charge in [-0.1, -0.05) is 33.3 Å². The highest BCUT2D eigenvalue weighted by Crippen LogP contribution is 2.67. The molecule has 1 amide bonds. The lowest BCUT2D eigenvalue weighted by Gasteiger charge is -2.58. The molecule has 7 atom stereocenters. The highest BCUT2D eigenvalue weighted by atomic mass is 16.5. The van der Waals surface area contributed by atoms with E-state index in [2.05, 4.69) is 12.2 Å². The molecule has 0 spiro atoms. The van der Waals surface area contributed by atoms with Crippen LogP contribution < -0.4 is 5.32 Å². The molecule has 10 heteroatoms. The third kappa shape index (κ3) is 5.61. The second-order valence-corrected chi connectivity index (χ2v) is 13.9. The number of Topliss-reactive ketones (excluding diaryl/α,β-unsaturated/α-hetero) is 1. The molecule has 3 fully saturated rings. The van der Waals surface area contributed by atoms with E-state index >= 15 is 0 Å². The molecule has 0 unspecified atom stereocenters. The van der Waals surface area contributed by atoms with Gasteiger partial charge in [-0.15, -0.1) is 0 Å². The third-order valence-electron chi connectivity index (χ3n) is 11.2. The van der Waals surface area contributed by atoms with Crippen molar-refractivity contribution in [3.8, 4) is 0 Å². The maximum Gasteiger partial charge on any atom is 0.333 e. The van der Waals surface area contributed by atoms with E-state index in [1.807, 2.05) is 13.0 Å². The van der Waals surface area contributed by atoms with Crippen LogP contribution in [0.2, 0.25) is 0 Å². The summed E-state index contributed by atoms with van der Waals surface area (Å²) in [4.78, 5) is 60.9. The number of rotatable bonds is 10. The molecule has 41 heavy (non-hydrogen) atoms. The van der Waals surface area contributed by atoms with E-state index in [0.29, 0.717) is 31.1 Å². The number of aliphatic hydroxyl groups is 2. The molecule has 0 saturated heterocycles. The molecule has 0 aromatic carbocycles. The minimum atomic E-state index is -1.66. The van der Waals surface area contributed by atoms with Crippen LogP contribution >= 0.6 is 0 Å². The van der Waals surface area contributed by atoms with E-state index in [1.165, 1.54) is 19.4 Å². The van der Waals surface area contributed by atoms with Crippen molar-refractivity contribution >= 4 is 29.4 Å². The highest BCUT2D eigenvalue weighted by Gasteiger charge is 2.66. The summed E-state index contributed by atoms with van der Waals surface area (Å²) in [5, 5.41) is 33.0. The standard InChI is InChI=1S/C31H45NO9/c1-28(2,26(37)27(38)39)17-32-24(35)7-8-25(36)41-16-23(34)31(40)14-11-22-20-6-5-18-15-19(33)9-12-29(18,3)21(20)10-13-30(22,31)4/h15,20-22,26,37,40H,5-14,16-17H2,1-4H3,(H,32,35)(H,38,39)/t20-,21+,22-,26-,29+,30+,31+/m1/s1. The largest absolute Gasteiger partial charge is 0.479 e. The van der Waals surface area contributed by atoms with Gasteiger partial charge in [0.05, 0.1) is 6.42 Å². The van der Waals surface area contributed by atoms with Crippen molar-refractivity contribution in [2.24, 2.45) is 34.0 Å². The van der Waals surface area contributed by atoms with Crippen molar-refractivity contribution in [3.63, 3.8) is 0 Å². The number of nitrogens with one attached hydrogen (secondary N) is 1. The molecule has 0 aliphatic heterocycles. The topological polar surface area (TPSA) is 167 Å². The maximum absolute atomic E-state index is 13.4. The number of amides is 1. The first-order chi connectivity index (χ1) is 19.0. The summed E-state index contributed by atoms with van der Waals surface area (Å²) in [5.74, 6) is -1.97. The average molecular weight is 576 g/mol. The molecule has 4 aliphatic rings. The fraction of sp³-hybridized carbons (Fsp3) is 0.774. The van der Waals surface area contributed by atoms with Gasteiger partial charge < -0.3 is 25.4 Å². The van der Waals surface area contributed by atoms with E-state index in [0.717, 1.165) is 32.1 Å². The fourth-order valence-corrected chi connectivity index (χ4v) is 8.43. The summed E-state index contributed by atoms with van der Waals surface area (Å²) in [5.41, 5.74) is -2.05. The van der Waals surface area contributed by atoms with Crippen LogP contribution in [-0.2, 0) is 28.7 Å². The Morgan fingerprint density at radius 1 is 1.05 bits per heavy atom. The van der Waals surface area contributed by atoms with Crippen LogP contribution in [0, 0.1) is 34.0 Å². The molecule has 0 heterocycles. The van der Waals surface area contributed by atoms with E-state index in [1.54, 1.807) is 0 Å². The SMILES string of the molecule is CC(C)(CNC(=O)CCC(=O)OCC(=O)[C@@]1(O)CC[C@@H]2[C@@H]3CCC4=CC(=O)CC[C@]4(C)[C@H]3CC[C@@]21C)[C@H](O)C(=O)O. The Morgan fingerprint density at radius 3 is 2.41 bits per heavy atom. The van der Waals surface area contributed by atoms with Gasteiger partial charge in [0, 0.05) is 30.2 Å². The molecule has 10 nitrogen and oxygen atoms in total. The van der Waals surface area contributed by atoms with Gasteiger partial charge in [0.1, 0.15) is 5.60 Å². The zero-order valence-corrected chi connectivity index (χ0v) is 24.7. The zero-order chi connectivity index (χ0) is 30.4. The predicted molar refractivity (Wildman–Crippen MR) is 147 cm³/mol. The van der Waals surface area contributed by atoms with Gasteiger partial charge in [-0.05, 0) is 74.2 Å². The minimum absolute atomic E-state index is 0.00347. The molecule has 0 aromatic heterocycles. The van der Waals surface area contributed by atoms with Crippen molar-refractivity contribution in [1.29, 1.82) is 0 Å². The van der Waals surface area contributed by atoms with Crippen molar-refractivity contribution in [3.05, 3.63) is 11.6 Å². The van der Waals surface area contributed by atoms with Gasteiger partial charge in [-0.2, -0.15) is 0 Å². The van der Waals surface area contributed by atoms with E-state index in [9.17, 15) is 34.2 Å². The van der Waals surface area contributed by atoms with Crippen molar-refractivity contribution < 1.29 is 44.0 Å². The number of fused-ring (bicyclic) bond motifs is 5. The van der Waals surface area contributed by atoms with Gasteiger partial charge in [-0.25, -0.2) is 4.79 Å². The van der Waals surface area contributed by atoms with Crippen LogP contribution in [-0.4, -0.2) is 69.6 Å². The minimum Gasteiger partial charge on any atom is -0.479 e. The first-order valence-electron chi connectivity index (χ1n) is 14.9. The first kappa shape index (κ1) is 31.3. The molecular formula is C31H45NO9. The average Bonchev–Trinajstić information content (AvgIpc) is 3.20. The second-order valence-electron chi connectivity index (χ2n) is 13.9. The number of allylic oxidation sites excluding steroid dienone is 1. The quantitative estimate of drug-likeness (QED) is 0.286. The number of carboxylic acid groups (broad SMARTS) is 1. The smallest absolute Gasteiger partial charge is 0.333 e. The second kappa shape index (κ2) is 11.2. The summed E-state index contributed by atoms with van der Waals surface area (Å²) in [6.07, 6.45) is 5.60. The Labute approximate surface area is 241 Å². The summed E-state index contributed by atoms with van der Waals surface area (Å²) >= 11 is 0. The Kier molecular flexibility index (Phi) is 8.60. The molecule has 0 bridgehead atoms. The van der Waals surface area contributed by atoms with Gasteiger partial charge in [-0.3, -0.25) is 19.2 Å². The van der Waals surface area contributed by atoms with Crippen molar-refractivity contribution in [2.45, 2.75) is 104 Å². The van der Waals surface area contributed by atoms with Gasteiger partial charge in [0.25, 0.3) is 0 Å². The molecule has 4 rings (SSSR count). The number of hydrogen-bond donors (Lipinski definition) is 4. The monoisotopic (exact) mass is 575 g/mol. The molecule has 228 valence electrons. The predicted octanol–water partition coefficient (Wildman–Crippen LogP) is 2.73. The maximum atomic E-state index is 13.4. The van der Waals surface area contributed by atoms with Crippen LogP contribution in [0.5, 0.6) is 0 Å². The van der Waals surface area contributed by atoms with Gasteiger partial charge in [0.2, 0.25) is 11.7 Å². The summed E-state index contributed by atoms with van der Waals surface area (Å²) < 4.78 is 5.19. The van der Waals surface area contributed by atoms with Crippen molar-refractivity contribution in [2.75, 3.05) is 13.2 Å². The lowest BCUT2D eigenvalue weighted by molar-refractivity contribution is -0.170. The zero-order valence-electron chi connectivity index (χ0n) is 24.7. The van der Waals surface area contributed by atoms with Gasteiger partial charge in [0.15, 0.2) is 18.5 Å². The number of aliphatic hydroxyl groups excluding tert-OH is 1. The molecule has 3 saturated carbocycles. The fourth-order valence-electron chi connectivity index (χ4n) is 8.43. The molecule has 0 radical (unpaired) electrons. The number of aliphatic carboxylic acids is 1. The Balaban J connectivity index is 1.30. The number of hydrogen-bond acceptors (Lipinski definition) is 8. The van der Waals surface area contributed by atoms with Crippen LogP contribution in [0.1, 0.15) is 91.9 Å². The van der Waals surface area contributed by atoms with E-state index in [4.69, 9.17) is 9.84 Å². The van der Waals surface area contributed by atoms with Crippen LogP contribution in [0.4, 0.5) is 0 Å². The molecule has 4 N–H and O–H groups in total. The number of carbonyl (C=O) groups is 5. The Bertz CT molecular complexity index is 1140. The normalized spacial score (nSPS) is 35.3. The Morgan fingerprint density at radius 2 is 1.73 bits per heavy atom. The van der Waals surface area contributed by atoms with E-state index < -0.39 is 52.8 Å². The van der Waals surface area contributed by atoms with E-state index in [-0.39, 0.29) is 36.5 Å². The molecular weight excluding hydrogens is 530 g/mol. The van der Waals surface area contributed by atoms with Crippen molar-refractivity contribution in [1.82, 2.24) is 5.32 Å². The molecule has 0 aromatic rings. The first-order valence-corrected chi connectivity index (χ1v) is 14.9. The number of esters is 1. The summed E-state index contributed by atoms with van der Waals surface area (Å²) in [7, 11) is 0. The lowest BCUT2D eigenvalue weighted by Crippen LogP contribution is -2.58. The Hall–Kier alpha value is -2.59. The molecule has 4 aliphatic carbocycles. The number of ether oxygens (including phenoxy) is 1. The van der Waals surface area contributed by atoms with Crippen LogP contribution in [0.25, 0.3) is 0 Å². The third-order valence-corrected chi connectivity index (χ3v) is 11.2. The summed E-state index contributed by atoms with van der Waals surface area (Å²) in [6.45, 7) is 6.63. The van der Waals surface area contributed by atoms with Crippen LogP contribution in [0.15, 0.2) is 11.6 Å². The van der Waals surface area contributed by atoms with Gasteiger partial charge >= 0.3 is 11.9 Å². The number of carbonyl (C=O) groups excluding carboxylic acids is 4. The van der Waals surface area contributed by atoms with Crippen LogP contribution in [0.3, 0.4) is 0 Å². The lowest BCUT2D eigenvalue weighted by atomic mass is 9.46. The number of carboxylic acids is 1. The number of ketones is 2.